The van der Waals surface area contributed by atoms with Crippen molar-refractivity contribution in [2.45, 2.75) is 56.8 Å². The Labute approximate surface area is 114 Å². The first-order valence-electron chi connectivity index (χ1n) is 7.30. The van der Waals surface area contributed by atoms with E-state index in [1.807, 2.05) is 24.3 Å². The van der Waals surface area contributed by atoms with Gasteiger partial charge in [-0.3, -0.25) is 0 Å². The quantitative estimate of drug-likeness (QED) is 0.906. The Morgan fingerprint density at radius 3 is 2.89 bits per heavy atom. The molecular formula is C16H22O3. The van der Waals surface area contributed by atoms with E-state index in [0.717, 1.165) is 17.7 Å². The average Bonchev–Trinajstić information content (AvgIpc) is 3.08. The number of rotatable bonds is 4. The van der Waals surface area contributed by atoms with Gasteiger partial charge < -0.3 is 14.6 Å². The van der Waals surface area contributed by atoms with Gasteiger partial charge >= 0.3 is 0 Å². The highest BCUT2D eigenvalue weighted by molar-refractivity contribution is 5.28. The summed E-state index contributed by atoms with van der Waals surface area (Å²) < 4.78 is 12.0. The maximum absolute atomic E-state index is 9.10. The van der Waals surface area contributed by atoms with Crippen LogP contribution < -0.4 is 4.74 Å². The summed E-state index contributed by atoms with van der Waals surface area (Å²) in [7, 11) is 0. The molecule has 1 aromatic carbocycles. The highest BCUT2D eigenvalue weighted by atomic mass is 16.6. The van der Waals surface area contributed by atoms with Gasteiger partial charge in [-0.1, -0.05) is 25.0 Å². The molecule has 1 unspecified atom stereocenters. The molecule has 1 saturated carbocycles. The third-order valence-corrected chi connectivity index (χ3v) is 4.37. The van der Waals surface area contributed by atoms with Crippen molar-refractivity contribution in [1.82, 2.24) is 0 Å². The molecule has 0 aromatic heterocycles. The van der Waals surface area contributed by atoms with Crippen molar-refractivity contribution in [3.63, 3.8) is 0 Å². The zero-order chi connectivity index (χ0) is 13.1. The Morgan fingerprint density at radius 1 is 1.26 bits per heavy atom. The molecule has 3 nitrogen and oxygen atoms in total. The Balaban J connectivity index is 1.52. The van der Waals surface area contributed by atoms with Crippen LogP contribution in [0.25, 0.3) is 0 Å². The first kappa shape index (κ1) is 12.9. The van der Waals surface area contributed by atoms with E-state index in [4.69, 9.17) is 14.6 Å². The lowest BCUT2D eigenvalue weighted by molar-refractivity contribution is -0.0508. The minimum atomic E-state index is 0.0558. The predicted octanol–water partition coefficient (Wildman–Crippen LogP) is 3.05. The highest BCUT2D eigenvalue weighted by Gasteiger charge is 2.42. The van der Waals surface area contributed by atoms with Crippen molar-refractivity contribution in [2.75, 3.05) is 6.61 Å². The average molecular weight is 262 g/mol. The molecule has 104 valence electrons. The van der Waals surface area contributed by atoms with E-state index in [0.29, 0.717) is 6.61 Å². The van der Waals surface area contributed by atoms with E-state index < -0.39 is 0 Å². The van der Waals surface area contributed by atoms with Crippen LogP contribution >= 0.6 is 0 Å². The van der Waals surface area contributed by atoms with E-state index in [1.54, 1.807) is 0 Å². The molecule has 0 radical (unpaired) electrons. The Hall–Kier alpha value is -1.06. The van der Waals surface area contributed by atoms with Crippen molar-refractivity contribution < 1.29 is 14.6 Å². The van der Waals surface area contributed by atoms with Crippen LogP contribution in [0.15, 0.2) is 24.3 Å². The lowest BCUT2D eigenvalue weighted by Gasteiger charge is -2.23. The summed E-state index contributed by atoms with van der Waals surface area (Å²) in [5, 5.41) is 9.10. The maximum atomic E-state index is 9.10. The molecule has 1 aliphatic heterocycles. The summed E-state index contributed by atoms with van der Waals surface area (Å²) in [5.74, 6) is 0.822. The topological polar surface area (TPSA) is 38.7 Å². The summed E-state index contributed by atoms with van der Waals surface area (Å²) in [6.45, 7) is 0.677. The van der Waals surface area contributed by atoms with E-state index in [-0.39, 0.29) is 18.3 Å². The first-order chi connectivity index (χ1) is 9.30. The van der Waals surface area contributed by atoms with Gasteiger partial charge in [-0.15, -0.1) is 0 Å². The number of aliphatic hydroxyl groups excluding tert-OH is 1. The van der Waals surface area contributed by atoms with Crippen LogP contribution in [0.3, 0.4) is 0 Å². The number of hydrogen-bond acceptors (Lipinski definition) is 3. The smallest absolute Gasteiger partial charge is 0.119 e. The largest absolute Gasteiger partial charge is 0.491 e. The van der Waals surface area contributed by atoms with Crippen molar-refractivity contribution in [3.05, 3.63) is 29.8 Å². The minimum Gasteiger partial charge on any atom is -0.491 e. The number of aliphatic hydroxyl groups is 1. The Bertz CT molecular complexity index is 424. The molecule has 0 bridgehead atoms. The van der Waals surface area contributed by atoms with Crippen molar-refractivity contribution >= 4 is 0 Å². The molecule has 1 spiro atoms. The fourth-order valence-electron chi connectivity index (χ4n) is 3.32. The number of hydrogen-bond donors (Lipinski definition) is 1. The summed E-state index contributed by atoms with van der Waals surface area (Å²) in [5.41, 5.74) is 1.07. The lowest BCUT2D eigenvalue weighted by Crippen LogP contribution is -2.27. The summed E-state index contributed by atoms with van der Waals surface area (Å²) in [4.78, 5) is 0. The zero-order valence-electron chi connectivity index (χ0n) is 11.3. The van der Waals surface area contributed by atoms with E-state index in [2.05, 4.69) is 0 Å². The first-order valence-corrected chi connectivity index (χ1v) is 7.30. The van der Waals surface area contributed by atoms with E-state index in [9.17, 15) is 0 Å². The van der Waals surface area contributed by atoms with Crippen LogP contribution in [-0.4, -0.2) is 23.4 Å². The third-order valence-electron chi connectivity index (χ3n) is 4.37. The van der Waals surface area contributed by atoms with Crippen LogP contribution in [0, 0.1) is 0 Å². The number of benzene rings is 1. The molecule has 1 saturated heterocycles. The fourth-order valence-corrected chi connectivity index (χ4v) is 3.32. The maximum Gasteiger partial charge on any atom is 0.119 e. The normalized spacial score (nSPS) is 25.0. The molecule has 2 aliphatic rings. The zero-order valence-corrected chi connectivity index (χ0v) is 11.3. The Morgan fingerprint density at radius 2 is 2.11 bits per heavy atom. The van der Waals surface area contributed by atoms with Crippen LogP contribution in [-0.2, 0) is 11.3 Å². The second-order valence-corrected chi connectivity index (χ2v) is 5.79. The van der Waals surface area contributed by atoms with Crippen LogP contribution in [0.1, 0.15) is 44.1 Å². The SMILES string of the molecule is OCc1cccc(OCC2CCC3(CCCC3)O2)c1. The van der Waals surface area contributed by atoms with Crippen molar-refractivity contribution in [1.29, 1.82) is 0 Å². The molecule has 1 heterocycles. The van der Waals surface area contributed by atoms with Crippen LogP contribution in [0.4, 0.5) is 0 Å². The fraction of sp³-hybridized carbons (Fsp3) is 0.625. The third kappa shape index (κ3) is 2.93. The number of ether oxygens (including phenoxy) is 2. The van der Waals surface area contributed by atoms with Gasteiger partial charge in [-0.2, -0.15) is 0 Å². The van der Waals surface area contributed by atoms with Crippen molar-refractivity contribution in [3.8, 4) is 5.75 Å². The summed E-state index contributed by atoms with van der Waals surface area (Å²) in [6.07, 6.45) is 7.61. The second kappa shape index (κ2) is 5.51. The standard InChI is InChI=1S/C16H22O3/c17-11-13-4-3-5-14(10-13)18-12-15-6-9-16(19-15)7-1-2-8-16/h3-5,10,15,17H,1-2,6-9,11-12H2. The highest BCUT2D eigenvalue weighted by Crippen LogP contribution is 2.43. The molecule has 1 atom stereocenters. The van der Waals surface area contributed by atoms with Gasteiger partial charge in [0.05, 0.1) is 18.3 Å². The summed E-state index contributed by atoms with van der Waals surface area (Å²) >= 11 is 0. The van der Waals surface area contributed by atoms with Gasteiger partial charge in [0, 0.05) is 0 Å². The van der Waals surface area contributed by atoms with Gasteiger partial charge in [-0.05, 0) is 43.4 Å². The minimum absolute atomic E-state index is 0.0558. The van der Waals surface area contributed by atoms with Gasteiger partial charge in [0.2, 0.25) is 0 Å². The second-order valence-electron chi connectivity index (χ2n) is 5.79. The molecule has 1 aliphatic carbocycles. The predicted molar refractivity (Wildman–Crippen MR) is 73.2 cm³/mol. The van der Waals surface area contributed by atoms with Crippen LogP contribution in [0.5, 0.6) is 5.75 Å². The van der Waals surface area contributed by atoms with Crippen LogP contribution in [0.2, 0.25) is 0 Å². The molecule has 1 N–H and O–H groups in total. The van der Waals surface area contributed by atoms with Gasteiger partial charge in [0.15, 0.2) is 0 Å². The molecule has 1 aromatic rings. The molecule has 2 fully saturated rings. The van der Waals surface area contributed by atoms with E-state index in [1.165, 1.54) is 32.1 Å². The molecular weight excluding hydrogens is 240 g/mol. The van der Waals surface area contributed by atoms with Crippen molar-refractivity contribution in [2.24, 2.45) is 0 Å². The molecule has 19 heavy (non-hydrogen) atoms. The summed E-state index contributed by atoms with van der Waals surface area (Å²) in [6, 6.07) is 7.63. The monoisotopic (exact) mass is 262 g/mol. The van der Waals surface area contributed by atoms with Gasteiger partial charge in [0.1, 0.15) is 12.4 Å². The molecule has 3 rings (SSSR count). The van der Waals surface area contributed by atoms with E-state index >= 15 is 0 Å². The van der Waals surface area contributed by atoms with Gasteiger partial charge in [-0.25, -0.2) is 0 Å². The van der Waals surface area contributed by atoms with Gasteiger partial charge in [0.25, 0.3) is 0 Å². The Kier molecular flexibility index (Phi) is 3.76. The lowest BCUT2D eigenvalue weighted by atomic mass is 9.98. The molecule has 0 amide bonds. The molecule has 3 heteroatoms.